The van der Waals surface area contributed by atoms with E-state index in [0.717, 1.165) is 29.0 Å². The molecule has 1 amide bonds. The summed E-state index contributed by atoms with van der Waals surface area (Å²) in [5.41, 5.74) is 2.94. The molecular formula is C13H15N5OS. The third kappa shape index (κ3) is 2.18. The van der Waals surface area contributed by atoms with E-state index in [9.17, 15) is 4.79 Å². The van der Waals surface area contributed by atoms with Gasteiger partial charge in [-0.25, -0.2) is 4.98 Å². The van der Waals surface area contributed by atoms with Crippen molar-refractivity contribution in [3.63, 3.8) is 0 Å². The van der Waals surface area contributed by atoms with Gasteiger partial charge >= 0.3 is 0 Å². The van der Waals surface area contributed by atoms with Gasteiger partial charge in [-0.2, -0.15) is 5.10 Å². The number of fused-ring (bicyclic) bond motifs is 1. The quantitative estimate of drug-likeness (QED) is 0.861. The first-order valence-corrected chi connectivity index (χ1v) is 7.34. The highest BCUT2D eigenvalue weighted by atomic mass is 32.2. The summed E-state index contributed by atoms with van der Waals surface area (Å²) in [7, 11) is 1.85. The number of carbonyl (C=O) groups excluding carboxylic acids is 1. The minimum absolute atomic E-state index is 0.159. The molecule has 0 radical (unpaired) electrons. The molecule has 6 nitrogen and oxygen atoms in total. The van der Waals surface area contributed by atoms with Crippen molar-refractivity contribution in [1.29, 1.82) is 0 Å². The number of pyridine rings is 1. The zero-order valence-corrected chi connectivity index (χ0v) is 12.4. The molecule has 0 saturated heterocycles. The van der Waals surface area contributed by atoms with Gasteiger partial charge in [-0.1, -0.05) is 11.8 Å². The fourth-order valence-electron chi connectivity index (χ4n) is 2.24. The summed E-state index contributed by atoms with van der Waals surface area (Å²) >= 11 is 1.56. The minimum atomic E-state index is -0.159. The summed E-state index contributed by atoms with van der Waals surface area (Å²) < 4.78 is 1.73. The largest absolute Gasteiger partial charge is 0.301 e. The third-order valence-corrected chi connectivity index (χ3v) is 4.13. The summed E-state index contributed by atoms with van der Waals surface area (Å²) in [5, 5.41) is 8.76. The van der Waals surface area contributed by atoms with Gasteiger partial charge in [-0.3, -0.25) is 14.5 Å². The van der Waals surface area contributed by atoms with Crippen LogP contribution in [0, 0.1) is 13.8 Å². The Kier molecular flexibility index (Phi) is 3.21. The highest BCUT2D eigenvalue weighted by Crippen LogP contribution is 2.19. The molecule has 0 unspecified atom stereocenters. The highest BCUT2D eigenvalue weighted by molar-refractivity contribution is 8.14. The van der Waals surface area contributed by atoms with Crippen molar-refractivity contribution < 1.29 is 4.79 Å². The molecule has 0 bridgehead atoms. The number of rotatable bonds is 1. The van der Waals surface area contributed by atoms with E-state index < -0.39 is 0 Å². The Morgan fingerprint density at radius 2 is 2.20 bits per heavy atom. The molecule has 0 atom stereocenters. The number of hydrogen-bond acceptors (Lipinski definition) is 5. The topological polar surface area (TPSA) is 72.2 Å². The van der Waals surface area contributed by atoms with Crippen LogP contribution in [-0.4, -0.2) is 38.1 Å². The molecule has 1 aliphatic rings. The zero-order chi connectivity index (χ0) is 14.3. The summed E-state index contributed by atoms with van der Waals surface area (Å²) in [5.74, 6) is 0.765. The van der Waals surface area contributed by atoms with Crippen LogP contribution in [0.15, 0.2) is 11.1 Å². The molecule has 0 saturated carbocycles. The van der Waals surface area contributed by atoms with Crippen LogP contribution in [-0.2, 0) is 7.05 Å². The Balaban J connectivity index is 2.00. The van der Waals surface area contributed by atoms with Gasteiger partial charge in [0.1, 0.15) is 0 Å². The van der Waals surface area contributed by atoms with Crippen molar-refractivity contribution in [3.8, 4) is 0 Å². The monoisotopic (exact) mass is 289 g/mol. The first-order chi connectivity index (χ1) is 9.56. The van der Waals surface area contributed by atoms with Crippen molar-refractivity contribution >= 4 is 33.9 Å². The summed E-state index contributed by atoms with van der Waals surface area (Å²) in [6, 6.07) is 1.86. The van der Waals surface area contributed by atoms with Crippen LogP contribution >= 0.6 is 11.8 Å². The summed E-state index contributed by atoms with van der Waals surface area (Å²) in [4.78, 5) is 21.0. The van der Waals surface area contributed by atoms with E-state index in [1.54, 1.807) is 16.4 Å². The van der Waals surface area contributed by atoms with E-state index in [0.29, 0.717) is 16.4 Å². The molecule has 0 spiro atoms. The standard InChI is InChI=1S/C13H15N5OS/c1-7-10(12(19)16-13-14-4-5-20-13)6-9-8(2)17-18(3)11(9)15-7/h6H,4-5H2,1-3H3,(H,14,16,19). The molecule has 2 aromatic heterocycles. The molecule has 0 fully saturated rings. The van der Waals surface area contributed by atoms with E-state index in [-0.39, 0.29) is 5.91 Å². The highest BCUT2D eigenvalue weighted by Gasteiger charge is 2.17. The second-order valence-corrected chi connectivity index (χ2v) is 5.77. The molecule has 7 heteroatoms. The van der Waals surface area contributed by atoms with Crippen molar-refractivity contribution in [2.45, 2.75) is 13.8 Å². The average molecular weight is 289 g/mol. The smallest absolute Gasteiger partial charge is 0.259 e. The number of hydrogen-bond donors (Lipinski definition) is 1. The van der Waals surface area contributed by atoms with Gasteiger partial charge < -0.3 is 5.32 Å². The molecule has 2 aromatic rings. The number of carbonyl (C=O) groups is 1. The molecule has 3 rings (SSSR count). The second kappa shape index (κ2) is 4.90. The maximum atomic E-state index is 12.3. The van der Waals surface area contributed by atoms with Crippen LogP contribution in [0.5, 0.6) is 0 Å². The Bertz CT molecular complexity index is 734. The van der Waals surface area contributed by atoms with Crippen molar-refractivity contribution in [3.05, 3.63) is 23.0 Å². The van der Waals surface area contributed by atoms with Crippen LogP contribution in [0.1, 0.15) is 21.7 Å². The lowest BCUT2D eigenvalue weighted by molar-refractivity contribution is 0.0977. The molecule has 1 aliphatic heterocycles. The summed E-state index contributed by atoms with van der Waals surface area (Å²) in [6.07, 6.45) is 0. The summed E-state index contributed by atoms with van der Waals surface area (Å²) in [6.45, 7) is 4.51. The zero-order valence-electron chi connectivity index (χ0n) is 11.6. The Morgan fingerprint density at radius 3 is 2.90 bits per heavy atom. The number of aromatic nitrogens is 3. The van der Waals surface area contributed by atoms with E-state index >= 15 is 0 Å². The lowest BCUT2D eigenvalue weighted by Gasteiger charge is -2.07. The maximum Gasteiger partial charge on any atom is 0.259 e. The van der Waals surface area contributed by atoms with E-state index in [4.69, 9.17) is 0 Å². The molecule has 0 aromatic carbocycles. The van der Waals surface area contributed by atoms with Gasteiger partial charge in [0.2, 0.25) is 0 Å². The van der Waals surface area contributed by atoms with Gasteiger partial charge in [-0.05, 0) is 19.9 Å². The van der Waals surface area contributed by atoms with Crippen molar-refractivity contribution in [2.24, 2.45) is 12.0 Å². The van der Waals surface area contributed by atoms with Crippen molar-refractivity contribution in [1.82, 2.24) is 20.1 Å². The molecule has 1 N–H and O–H groups in total. The first kappa shape index (κ1) is 13.1. The first-order valence-electron chi connectivity index (χ1n) is 6.36. The van der Waals surface area contributed by atoms with Crippen LogP contribution < -0.4 is 5.32 Å². The Hall–Kier alpha value is -1.89. The number of aryl methyl sites for hydroxylation is 3. The number of amides is 1. The number of nitrogens with one attached hydrogen (secondary N) is 1. The SMILES string of the molecule is Cc1nc2c(cc1C(=O)NC1=NCCS1)c(C)nn2C. The number of thioether (sulfide) groups is 1. The number of aliphatic imine (C=N–C) groups is 1. The minimum Gasteiger partial charge on any atom is -0.301 e. The Labute approximate surface area is 120 Å². The maximum absolute atomic E-state index is 12.3. The van der Waals surface area contributed by atoms with Crippen molar-refractivity contribution in [2.75, 3.05) is 12.3 Å². The fourth-order valence-corrected chi connectivity index (χ4v) is 2.96. The van der Waals surface area contributed by atoms with Gasteiger partial charge in [0.25, 0.3) is 5.91 Å². The predicted molar refractivity (Wildman–Crippen MR) is 80.2 cm³/mol. The van der Waals surface area contributed by atoms with Crippen LogP contribution in [0.25, 0.3) is 11.0 Å². The van der Waals surface area contributed by atoms with Crippen LogP contribution in [0.2, 0.25) is 0 Å². The molecule has 104 valence electrons. The van der Waals surface area contributed by atoms with Gasteiger partial charge in [0.15, 0.2) is 10.8 Å². The number of nitrogens with zero attached hydrogens (tertiary/aromatic N) is 4. The Morgan fingerprint density at radius 1 is 1.40 bits per heavy atom. The molecule has 0 aliphatic carbocycles. The average Bonchev–Trinajstić information content (AvgIpc) is 2.98. The molecular weight excluding hydrogens is 274 g/mol. The number of amidine groups is 1. The van der Waals surface area contributed by atoms with Gasteiger partial charge in [0.05, 0.1) is 23.5 Å². The third-order valence-electron chi connectivity index (χ3n) is 3.24. The molecule has 3 heterocycles. The second-order valence-electron chi connectivity index (χ2n) is 4.69. The van der Waals surface area contributed by atoms with E-state index in [2.05, 4.69) is 20.4 Å². The molecule has 20 heavy (non-hydrogen) atoms. The normalized spacial score (nSPS) is 14.7. The van der Waals surface area contributed by atoms with Crippen LogP contribution in [0.3, 0.4) is 0 Å². The van der Waals surface area contributed by atoms with Crippen LogP contribution in [0.4, 0.5) is 0 Å². The predicted octanol–water partition coefficient (Wildman–Crippen LogP) is 1.42. The lowest BCUT2D eigenvalue weighted by atomic mass is 10.1. The van der Waals surface area contributed by atoms with Gasteiger partial charge in [0, 0.05) is 18.2 Å². The fraction of sp³-hybridized carbons (Fsp3) is 0.385. The van der Waals surface area contributed by atoms with E-state index in [1.807, 2.05) is 27.0 Å². The van der Waals surface area contributed by atoms with Gasteiger partial charge in [-0.15, -0.1) is 0 Å². The van der Waals surface area contributed by atoms with E-state index in [1.165, 1.54) is 0 Å². The lowest BCUT2D eigenvalue weighted by Crippen LogP contribution is -2.28.